The first-order chi connectivity index (χ1) is 13.2. The smallest absolute Gasteiger partial charge is 0.321 e. The molecule has 1 saturated heterocycles. The van der Waals surface area contributed by atoms with Gasteiger partial charge in [0.05, 0.1) is 4.90 Å². The first-order valence-corrected chi connectivity index (χ1v) is 10.7. The number of nitrogens with zero attached hydrogens (tertiary/aromatic N) is 2. The fraction of sp³-hybridized carbons (Fsp3) is 0.143. The Balaban J connectivity index is 1.74. The van der Waals surface area contributed by atoms with Crippen LogP contribution < -0.4 is 20.1 Å². The zero-order chi connectivity index (χ0) is 20.4. The van der Waals surface area contributed by atoms with Crippen molar-refractivity contribution in [1.82, 2.24) is 20.6 Å². The summed E-state index contributed by atoms with van der Waals surface area (Å²) in [6.07, 6.45) is 2.74. The number of carbonyl (C=O) groups is 2. The molecule has 0 aliphatic carbocycles. The zero-order valence-corrected chi connectivity index (χ0v) is 15.6. The van der Waals surface area contributed by atoms with Crippen molar-refractivity contribution in [2.75, 3.05) is 16.0 Å². The molecule has 0 bridgehead atoms. The number of urea groups is 1. The van der Waals surface area contributed by atoms with Crippen molar-refractivity contribution in [3.05, 3.63) is 42.7 Å². The highest BCUT2D eigenvalue weighted by molar-refractivity contribution is 7.94. The Kier molecular flexibility index (Phi) is 5.15. The molecule has 2 heterocycles. The summed E-state index contributed by atoms with van der Waals surface area (Å²) in [5, 5.41) is 2.56. The molecular formula is C14H14N6O6S2. The molecule has 4 N–H and O–H groups in total. The lowest BCUT2D eigenvalue weighted by molar-refractivity contribution is -0.120. The van der Waals surface area contributed by atoms with Crippen molar-refractivity contribution in [2.24, 2.45) is 0 Å². The van der Waals surface area contributed by atoms with Gasteiger partial charge in [0.2, 0.25) is 21.9 Å². The van der Waals surface area contributed by atoms with Gasteiger partial charge in [-0.2, -0.15) is 0 Å². The number of hydrogen-bond acceptors (Lipinski definition) is 8. The normalized spacial score (nSPS) is 17.4. The molecule has 28 heavy (non-hydrogen) atoms. The summed E-state index contributed by atoms with van der Waals surface area (Å²) in [6, 6.07) is 5.53. The third-order valence-corrected chi connectivity index (χ3v) is 6.56. The van der Waals surface area contributed by atoms with Crippen LogP contribution in [-0.4, -0.2) is 50.5 Å². The quantitative estimate of drug-likeness (QED) is 0.465. The van der Waals surface area contributed by atoms with Gasteiger partial charge in [-0.1, -0.05) is 0 Å². The lowest BCUT2D eigenvalue weighted by Crippen LogP contribution is -2.58. The summed E-state index contributed by atoms with van der Waals surface area (Å²) in [6.45, 7) is -0.381. The van der Waals surface area contributed by atoms with Crippen LogP contribution in [0, 0.1) is 0 Å². The third-order valence-electron chi connectivity index (χ3n) is 3.57. The van der Waals surface area contributed by atoms with Gasteiger partial charge >= 0.3 is 6.03 Å². The van der Waals surface area contributed by atoms with Crippen LogP contribution >= 0.6 is 0 Å². The highest BCUT2D eigenvalue weighted by atomic mass is 32.2. The Morgan fingerprint density at radius 1 is 0.964 bits per heavy atom. The van der Waals surface area contributed by atoms with E-state index in [0.717, 1.165) is 0 Å². The van der Waals surface area contributed by atoms with E-state index in [4.69, 9.17) is 0 Å². The van der Waals surface area contributed by atoms with E-state index in [2.05, 4.69) is 24.7 Å². The minimum atomic E-state index is -4.17. The minimum absolute atomic E-state index is 0.0413. The van der Waals surface area contributed by atoms with E-state index in [9.17, 15) is 26.4 Å². The number of imide groups is 1. The second-order valence-corrected chi connectivity index (χ2v) is 9.08. The first-order valence-electron chi connectivity index (χ1n) is 7.68. The molecule has 14 heteroatoms. The Labute approximate surface area is 159 Å². The van der Waals surface area contributed by atoms with Crippen molar-refractivity contribution in [1.29, 1.82) is 0 Å². The molecule has 0 spiro atoms. The number of amides is 3. The predicted octanol–water partition coefficient (Wildman–Crippen LogP) is -0.773. The molecule has 3 rings (SSSR count). The van der Waals surface area contributed by atoms with Crippen molar-refractivity contribution < 1.29 is 26.4 Å². The second-order valence-electron chi connectivity index (χ2n) is 5.54. The Bertz CT molecular complexity index is 1100. The van der Waals surface area contributed by atoms with Gasteiger partial charge in [0.15, 0.2) is 5.25 Å². The topological polar surface area (TPSA) is 176 Å². The van der Waals surface area contributed by atoms with Crippen LogP contribution in [0.15, 0.2) is 47.6 Å². The van der Waals surface area contributed by atoms with Crippen LogP contribution in [0.2, 0.25) is 0 Å². The van der Waals surface area contributed by atoms with Crippen molar-refractivity contribution in [2.45, 2.75) is 10.1 Å². The van der Waals surface area contributed by atoms with E-state index < -0.39 is 37.2 Å². The molecule has 12 nitrogen and oxygen atoms in total. The molecule has 3 amide bonds. The average Bonchev–Trinajstić information content (AvgIpc) is 2.62. The van der Waals surface area contributed by atoms with Gasteiger partial charge in [-0.15, -0.1) is 0 Å². The average molecular weight is 426 g/mol. The number of aromatic nitrogens is 2. The summed E-state index contributed by atoms with van der Waals surface area (Å²) >= 11 is 0. The molecule has 148 valence electrons. The molecule has 1 aliphatic rings. The van der Waals surface area contributed by atoms with Crippen LogP contribution in [0.3, 0.4) is 0 Å². The molecule has 2 aromatic rings. The van der Waals surface area contributed by atoms with Gasteiger partial charge < -0.3 is 5.32 Å². The summed E-state index contributed by atoms with van der Waals surface area (Å²) in [5.41, 5.74) is 0.0413. The summed E-state index contributed by atoms with van der Waals surface area (Å²) < 4.78 is 53.6. The van der Waals surface area contributed by atoms with E-state index in [1.165, 1.54) is 42.7 Å². The molecule has 1 atom stereocenters. The number of nitrogens with one attached hydrogen (secondary N) is 4. The third kappa shape index (κ3) is 4.34. The van der Waals surface area contributed by atoms with Crippen LogP contribution in [0.25, 0.3) is 0 Å². The fourth-order valence-electron chi connectivity index (χ4n) is 2.23. The standard InChI is InChI=1S/C14H14N6O6S2/c21-12-11(8-17-14(22)18-12)28(25,26)19-9-2-4-10(5-3-9)27(23,24)20-13-15-6-1-7-16-13/h1-7,11,19H,8H2,(H,15,16,20)(H2,17,18,21,22). The lowest BCUT2D eigenvalue weighted by atomic mass is 10.3. The van der Waals surface area contributed by atoms with Gasteiger partial charge in [0, 0.05) is 24.6 Å². The van der Waals surface area contributed by atoms with E-state index in [0.29, 0.717) is 0 Å². The summed E-state index contributed by atoms with van der Waals surface area (Å²) in [7, 11) is -8.14. The van der Waals surface area contributed by atoms with Gasteiger partial charge in [0.1, 0.15) is 0 Å². The number of carbonyl (C=O) groups excluding carboxylic acids is 2. The number of hydrogen-bond donors (Lipinski definition) is 4. The fourth-order valence-corrected chi connectivity index (χ4v) is 4.44. The SMILES string of the molecule is O=C1NCC(S(=O)(=O)Nc2ccc(S(=O)(=O)Nc3ncccn3)cc2)C(=O)N1. The van der Waals surface area contributed by atoms with Gasteiger partial charge in [0.25, 0.3) is 10.0 Å². The number of anilines is 2. The van der Waals surface area contributed by atoms with Crippen LogP contribution in [0.4, 0.5) is 16.4 Å². The molecule has 0 radical (unpaired) electrons. The highest BCUT2D eigenvalue weighted by Gasteiger charge is 2.37. The highest BCUT2D eigenvalue weighted by Crippen LogP contribution is 2.18. The Morgan fingerprint density at radius 3 is 2.21 bits per heavy atom. The molecule has 0 saturated carbocycles. The Hall–Kier alpha value is -3.26. The molecule has 1 aliphatic heterocycles. The lowest BCUT2D eigenvalue weighted by Gasteiger charge is -2.22. The second kappa shape index (κ2) is 7.40. The monoisotopic (exact) mass is 426 g/mol. The van der Waals surface area contributed by atoms with Crippen LogP contribution in [0.1, 0.15) is 0 Å². The minimum Gasteiger partial charge on any atom is -0.336 e. The van der Waals surface area contributed by atoms with Gasteiger partial charge in [-0.05, 0) is 30.3 Å². The molecule has 1 unspecified atom stereocenters. The maximum Gasteiger partial charge on any atom is 0.321 e. The van der Waals surface area contributed by atoms with E-state index in [1.54, 1.807) is 0 Å². The van der Waals surface area contributed by atoms with Crippen molar-refractivity contribution in [3.63, 3.8) is 0 Å². The van der Waals surface area contributed by atoms with Crippen molar-refractivity contribution in [3.8, 4) is 0 Å². The Morgan fingerprint density at radius 2 is 1.61 bits per heavy atom. The largest absolute Gasteiger partial charge is 0.336 e. The summed E-state index contributed by atoms with van der Waals surface area (Å²) in [4.78, 5) is 30.1. The van der Waals surface area contributed by atoms with Gasteiger partial charge in [-0.25, -0.2) is 36.3 Å². The zero-order valence-electron chi connectivity index (χ0n) is 14.0. The first kappa shape index (κ1) is 19.5. The van der Waals surface area contributed by atoms with Gasteiger partial charge in [-0.3, -0.25) is 14.8 Å². The number of rotatable bonds is 6. The molecule has 1 aromatic heterocycles. The van der Waals surface area contributed by atoms with Crippen LogP contribution in [0.5, 0.6) is 0 Å². The number of benzene rings is 1. The van der Waals surface area contributed by atoms with E-state index in [1.807, 2.05) is 5.32 Å². The van der Waals surface area contributed by atoms with E-state index >= 15 is 0 Å². The predicted molar refractivity (Wildman–Crippen MR) is 97.2 cm³/mol. The van der Waals surface area contributed by atoms with Crippen LogP contribution in [-0.2, 0) is 24.8 Å². The molecule has 1 fully saturated rings. The van der Waals surface area contributed by atoms with E-state index in [-0.39, 0.29) is 23.1 Å². The van der Waals surface area contributed by atoms with Crippen molar-refractivity contribution >= 4 is 43.6 Å². The molecular weight excluding hydrogens is 412 g/mol. The number of sulfonamides is 2. The maximum atomic E-state index is 12.3. The summed E-state index contributed by atoms with van der Waals surface area (Å²) in [5.74, 6) is -1.07. The maximum absolute atomic E-state index is 12.3. The molecule has 1 aromatic carbocycles.